The topological polar surface area (TPSA) is 41.5 Å². The van der Waals surface area contributed by atoms with E-state index in [1.165, 1.54) is 18.4 Å². The van der Waals surface area contributed by atoms with Crippen LogP contribution in [0.1, 0.15) is 31.7 Å². The van der Waals surface area contributed by atoms with E-state index >= 15 is 0 Å². The van der Waals surface area contributed by atoms with Gasteiger partial charge in [-0.3, -0.25) is 0 Å². The van der Waals surface area contributed by atoms with Crippen LogP contribution in [0.15, 0.2) is 24.3 Å². The number of benzene rings is 1. The number of aromatic hydroxyl groups is 1. The number of phenolic OH excluding ortho intramolecular Hbond substituents is 1. The van der Waals surface area contributed by atoms with Gasteiger partial charge in [0.25, 0.3) is 0 Å². The molecule has 1 aromatic rings. The molecule has 0 amide bonds. The second-order valence-electron chi connectivity index (χ2n) is 5.60. The van der Waals surface area contributed by atoms with Crippen LogP contribution in [-0.4, -0.2) is 30.9 Å². The van der Waals surface area contributed by atoms with E-state index in [4.69, 9.17) is 4.74 Å². The molecule has 0 radical (unpaired) electrons. The first kappa shape index (κ1) is 14.4. The number of phenols is 1. The first-order valence-electron chi connectivity index (χ1n) is 7.33. The van der Waals surface area contributed by atoms with Gasteiger partial charge in [-0.2, -0.15) is 0 Å². The molecule has 0 bridgehead atoms. The van der Waals surface area contributed by atoms with Crippen molar-refractivity contribution in [1.29, 1.82) is 0 Å². The highest BCUT2D eigenvalue weighted by atomic mass is 16.5. The molecule has 1 unspecified atom stereocenters. The molecule has 106 valence electrons. The Kier molecular flexibility index (Phi) is 5.67. The van der Waals surface area contributed by atoms with Crippen LogP contribution in [0.4, 0.5) is 0 Å². The van der Waals surface area contributed by atoms with Gasteiger partial charge in [0, 0.05) is 19.3 Å². The molecule has 2 rings (SSSR count). The maximum absolute atomic E-state index is 9.23. The predicted molar refractivity (Wildman–Crippen MR) is 77.4 cm³/mol. The smallest absolute Gasteiger partial charge is 0.115 e. The Bertz CT molecular complexity index is 360. The van der Waals surface area contributed by atoms with E-state index in [-0.39, 0.29) is 0 Å². The summed E-state index contributed by atoms with van der Waals surface area (Å²) in [5, 5.41) is 12.7. The molecule has 1 aliphatic rings. The standard InChI is InChI=1S/C16H25NO2/c1-13(11-14-5-7-16(18)8-6-14)17-9-2-10-19-12-15-3-4-15/h5-8,13,15,17-18H,2-4,9-12H2,1H3. The van der Waals surface area contributed by atoms with Crippen LogP contribution in [0.25, 0.3) is 0 Å². The largest absolute Gasteiger partial charge is 0.508 e. The zero-order valence-electron chi connectivity index (χ0n) is 11.8. The SMILES string of the molecule is CC(Cc1ccc(O)cc1)NCCCOCC1CC1. The third-order valence-electron chi connectivity index (χ3n) is 3.49. The van der Waals surface area contributed by atoms with Gasteiger partial charge in [0.05, 0.1) is 0 Å². The van der Waals surface area contributed by atoms with E-state index in [2.05, 4.69) is 12.2 Å². The van der Waals surface area contributed by atoms with Crippen LogP contribution in [0.3, 0.4) is 0 Å². The number of hydrogen-bond acceptors (Lipinski definition) is 3. The average molecular weight is 263 g/mol. The van der Waals surface area contributed by atoms with Crippen molar-refractivity contribution in [3.8, 4) is 5.75 Å². The molecule has 3 nitrogen and oxygen atoms in total. The molecule has 0 aliphatic heterocycles. The zero-order chi connectivity index (χ0) is 13.5. The quantitative estimate of drug-likeness (QED) is 0.673. The molecule has 19 heavy (non-hydrogen) atoms. The highest BCUT2D eigenvalue weighted by molar-refractivity contribution is 5.26. The molecule has 0 heterocycles. The van der Waals surface area contributed by atoms with Crippen molar-refractivity contribution in [3.05, 3.63) is 29.8 Å². The Morgan fingerprint density at radius 3 is 2.74 bits per heavy atom. The summed E-state index contributed by atoms with van der Waals surface area (Å²) in [7, 11) is 0. The van der Waals surface area contributed by atoms with Gasteiger partial charge < -0.3 is 15.2 Å². The predicted octanol–water partition coefficient (Wildman–Crippen LogP) is 2.73. The Balaban J connectivity index is 1.51. The van der Waals surface area contributed by atoms with Gasteiger partial charge in [0.1, 0.15) is 5.75 Å². The summed E-state index contributed by atoms with van der Waals surface area (Å²) < 4.78 is 5.60. The highest BCUT2D eigenvalue weighted by Gasteiger charge is 2.20. The van der Waals surface area contributed by atoms with Crippen LogP contribution in [0.2, 0.25) is 0 Å². The molecular weight excluding hydrogens is 238 g/mol. The van der Waals surface area contributed by atoms with Gasteiger partial charge in [0.2, 0.25) is 0 Å². The lowest BCUT2D eigenvalue weighted by Gasteiger charge is -2.14. The molecular formula is C16H25NO2. The van der Waals surface area contributed by atoms with Gasteiger partial charge in [-0.15, -0.1) is 0 Å². The van der Waals surface area contributed by atoms with Gasteiger partial charge in [-0.1, -0.05) is 12.1 Å². The van der Waals surface area contributed by atoms with Gasteiger partial charge in [-0.25, -0.2) is 0 Å². The third kappa shape index (κ3) is 6.08. The Morgan fingerprint density at radius 2 is 2.05 bits per heavy atom. The van der Waals surface area contributed by atoms with Crippen molar-refractivity contribution in [1.82, 2.24) is 5.32 Å². The lowest BCUT2D eigenvalue weighted by atomic mass is 10.1. The molecule has 0 aromatic heterocycles. The van der Waals surface area contributed by atoms with Crippen LogP contribution in [0.5, 0.6) is 5.75 Å². The van der Waals surface area contributed by atoms with Crippen LogP contribution < -0.4 is 5.32 Å². The molecule has 1 fully saturated rings. The number of nitrogens with one attached hydrogen (secondary N) is 1. The average Bonchev–Trinajstić information content (AvgIpc) is 3.20. The molecule has 1 saturated carbocycles. The van der Waals surface area contributed by atoms with Crippen LogP contribution in [-0.2, 0) is 11.2 Å². The summed E-state index contributed by atoms with van der Waals surface area (Å²) >= 11 is 0. The molecule has 0 spiro atoms. The molecule has 1 aromatic carbocycles. The van der Waals surface area contributed by atoms with E-state index in [1.807, 2.05) is 12.1 Å². The molecule has 0 saturated heterocycles. The van der Waals surface area contributed by atoms with Crippen LogP contribution in [0, 0.1) is 5.92 Å². The molecule has 1 aliphatic carbocycles. The highest BCUT2D eigenvalue weighted by Crippen LogP contribution is 2.28. The molecule has 1 atom stereocenters. The second-order valence-corrected chi connectivity index (χ2v) is 5.60. The fourth-order valence-corrected chi connectivity index (χ4v) is 2.11. The third-order valence-corrected chi connectivity index (χ3v) is 3.49. The lowest BCUT2D eigenvalue weighted by molar-refractivity contribution is 0.121. The van der Waals surface area contributed by atoms with Crippen molar-refractivity contribution in [2.45, 2.75) is 38.6 Å². The number of ether oxygens (including phenoxy) is 1. The maximum atomic E-state index is 9.23. The second kappa shape index (κ2) is 7.51. The lowest BCUT2D eigenvalue weighted by Crippen LogP contribution is -2.29. The summed E-state index contributed by atoms with van der Waals surface area (Å²) in [6.07, 6.45) is 4.79. The fraction of sp³-hybridized carbons (Fsp3) is 0.625. The summed E-state index contributed by atoms with van der Waals surface area (Å²) in [6, 6.07) is 7.90. The van der Waals surface area contributed by atoms with E-state index in [1.54, 1.807) is 12.1 Å². The summed E-state index contributed by atoms with van der Waals surface area (Å²) in [5.41, 5.74) is 1.25. The van der Waals surface area contributed by atoms with Crippen molar-refractivity contribution in [2.75, 3.05) is 19.8 Å². The van der Waals surface area contributed by atoms with E-state index in [9.17, 15) is 5.11 Å². The van der Waals surface area contributed by atoms with Gasteiger partial charge >= 0.3 is 0 Å². The van der Waals surface area contributed by atoms with Crippen molar-refractivity contribution in [2.24, 2.45) is 5.92 Å². The summed E-state index contributed by atoms with van der Waals surface area (Å²) in [5.74, 6) is 1.19. The van der Waals surface area contributed by atoms with Crippen molar-refractivity contribution < 1.29 is 9.84 Å². The number of hydrogen-bond donors (Lipinski definition) is 2. The normalized spacial score (nSPS) is 16.5. The minimum Gasteiger partial charge on any atom is -0.508 e. The monoisotopic (exact) mass is 263 g/mol. The first-order chi connectivity index (χ1) is 9.24. The molecule has 3 heteroatoms. The van der Waals surface area contributed by atoms with E-state index < -0.39 is 0 Å². The zero-order valence-corrected chi connectivity index (χ0v) is 11.8. The minimum absolute atomic E-state index is 0.331. The molecule has 2 N–H and O–H groups in total. The summed E-state index contributed by atoms with van der Waals surface area (Å²) in [6.45, 7) is 5.03. The first-order valence-corrected chi connectivity index (χ1v) is 7.33. The maximum Gasteiger partial charge on any atom is 0.115 e. The van der Waals surface area contributed by atoms with Gasteiger partial charge in [-0.05, 0) is 62.8 Å². The minimum atomic E-state index is 0.331. The Hall–Kier alpha value is -1.06. The van der Waals surface area contributed by atoms with E-state index in [0.717, 1.165) is 38.5 Å². The Morgan fingerprint density at radius 1 is 1.32 bits per heavy atom. The van der Waals surface area contributed by atoms with Crippen molar-refractivity contribution in [3.63, 3.8) is 0 Å². The number of rotatable bonds is 9. The van der Waals surface area contributed by atoms with Crippen LogP contribution >= 0.6 is 0 Å². The Labute approximate surface area is 116 Å². The van der Waals surface area contributed by atoms with E-state index in [0.29, 0.717) is 11.8 Å². The van der Waals surface area contributed by atoms with Gasteiger partial charge in [0.15, 0.2) is 0 Å². The summed E-state index contributed by atoms with van der Waals surface area (Å²) in [4.78, 5) is 0. The van der Waals surface area contributed by atoms with Crippen molar-refractivity contribution >= 4 is 0 Å². The fourth-order valence-electron chi connectivity index (χ4n) is 2.11.